The Labute approximate surface area is 133 Å². The van der Waals surface area contributed by atoms with Crippen molar-refractivity contribution in [2.24, 2.45) is 0 Å². The molecule has 0 saturated carbocycles. The lowest BCUT2D eigenvalue weighted by atomic mass is 9.94. The van der Waals surface area contributed by atoms with Crippen LogP contribution in [0.15, 0.2) is 30.6 Å². The lowest BCUT2D eigenvalue weighted by Gasteiger charge is -2.32. The van der Waals surface area contributed by atoms with Crippen LogP contribution in [0.5, 0.6) is 0 Å². The van der Waals surface area contributed by atoms with E-state index in [1.807, 2.05) is 30.0 Å². The quantitative estimate of drug-likeness (QED) is 0.764. The molecule has 0 spiro atoms. The van der Waals surface area contributed by atoms with Gasteiger partial charge in [-0.05, 0) is 38.0 Å². The Morgan fingerprint density at radius 1 is 1.39 bits per heavy atom. The summed E-state index contributed by atoms with van der Waals surface area (Å²) in [5.41, 5.74) is 4.42. The molecule has 6 heteroatoms. The minimum absolute atomic E-state index is 0.0552. The van der Waals surface area contributed by atoms with Gasteiger partial charge in [0, 0.05) is 24.7 Å². The number of nitrogens with one attached hydrogen (secondary N) is 2. The van der Waals surface area contributed by atoms with Crippen LogP contribution < -0.4 is 0 Å². The van der Waals surface area contributed by atoms with Crippen LogP contribution in [0.3, 0.4) is 0 Å². The van der Waals surface area contributed by atoms with Crippen molar-refractivity contribution in [3.05, 3.63) is 47.5 Å². The highest BCUT2D eigenvalue weighted by atomic mass is 16.2. The Morgan fingerprint density at radius 3 is 3.13 bits per heavy atom. The molecule has 1 saturated heterocycles. The van der Waals surface area contributed by atoms with Crippen LogP contribution in [0.1, 0.15) is 40.5 Å². The summed E-state index contributed by atoms with van der Waals surface area (Å²) in [4.78, 5) is 22.2. The molecule has 1 atom stereocenters. The molecular formula is C17H19N5O. The maximum atomic E-state index is 12.9. The van der Waals surface area contributed by atoms with E-state index in [1.165, 1.54) is 0 Å². The van der Waals surface area contributed by atoms with E-state index in [0.717, 1.165) is 41.8 Å². The number of fused-ring (bicyclic) bond motifs is 1. The number of hydrogen-bond acceptors (Lipinski definition) is 3. The summed E-state index contributed by atoms with van der Waals surface area (Å²) >= 11 is 0. The number of H-pyrrole nitrogens is 2. The van der Waals surface area contributed by atoms with E-state index in [9.17, 15) is 4.79 Å². The number of hydrogen-bond donors (Lipinski definition) is 2. The molecule has 0 bridgehead atoms. The molecule has 3 aromatic rings. The predicted octanol–water partition coefficient (Wildman–Crippen LogP) is 2.61. The van der Waals surface area contributed by atoms with Gasteiger partial charge in [-0.1, -0.05) is 6.07 Å². The van der Waals surface area contributed by atoms with Crippen molar-refractivity contribution >= 4 is 16.9 Å². The second-order valence-electron chi connectivity index (χ2n) is 6.17. The molecule has 1 aliphatic rings. The first kappa shape index (κ1) is 14.0. The van der Waals surface area contributed by atoms with Gasteiger partial charge in [0.25, 0.3) is 5.91 Å². The molecule has 1 unspecified atom stereocenters. The maximum Gasteiger partial charge on any atom is 0.256 e. The average Bonchev–Trinajstić information content (AvgIpc) is 3.22. The summed E-state index contributed by atoms with van der Waals surface area (Å²) in [6, 6.07) is 7.76. The van der Waals surface area contributed by atoms with Crippen molar-refractivity contribution in [3.63, 3.8) is 0 Å². The van der Waals surface area contributed by atoms with Gasteiger partial charge in [0.2, 0.25) is 0 Å². The lowest BCUT2D eigenvalue weighted by Crippen LogP contribution is -2.39. The predicted molar refractivity (Wildman–Crippen MR) is 87.3 cm³/mol. The monoisotopic (exact) mass is 309 g/mol. The van der Waals surface area contributed by atoms with Crippen molar-refractivity contribution in [2.75, 3.05) is 13.1 Å². The molecule has 1 aliphatic heterocycles. The zero-order valence-electron chi connectivity index (χ0n) is 13.0. The number of benzene rings is 1. The van der Waals surface area contributed by atoms with E-state index < -0.39 is 0 Å². The first-order valence-electron chi connectivity index (χ1n) is 7.95. The molecule has 2 aromatic heterocycles. The number of aromatic amines is 2. The standard InChI is InChI=1S/C17H19N5O/c1-11-8-15(21-20-11)12-4-3-7-22(9-12)17(23)13-5-2-6-14-16(13)19-10-18-14/h2,5-6,8,10,12H,3-4,7,9H2,1H3,(H,18,19)(H,20,21). The van der Waals surface area contributed by atoms with Gasteiger partial charge in [0.05, 0.1) is 23.1 Å². The van der Waals surface area contributed by atoms with E-state index in [2.05, 4.69) is 26.2 Å². The number of rotatable bonds is 2. The Bertz CT molecular complexity index is 849. The highest BCUT2D eigenvalue weighted by molar-refractivity contribution is 6.04. The third kappa shape index (κ3) is 2.50. The van der Waals surface area contributed by atoms with Crippen molar-refractivity contribution in [2.45, 2.75) is 25.7 Å². The van der Waals surface area contributed by atoms with E-state index in [1.54, 1.807) is 6.33 Å². The van der Waals surface area contributed by atoms with Gasteiger partial charge in [-0.3, -0.25) is 9.89 Å². The number of aryl methyl sites for hydroxylation is 1. The van der Waals surface area contributed by atoms with Crippen LogP contribution >= 0.6 is 0 Å². The summed E-state index contributed by atoms with van der Waals surface area (Å²) < 4.78 is 0. The summed E-state index contributed by atoms with van der Waals surface area (Å²) in [6.45, 7) is 3.50. The number of imidazole rings is 1. The number of likely N-dealkylation sites (tertiary alicyclic amines) is 1. The van der Waals surface area contributed by atoms with Gasteiger partial charge in [0.15, 0.2) is 0 Å². The molecule has 3 heterocycles. The minimum Gasteiger partial charge on any atom is -0.345 e. The number of amides is 1. The number of piperidine rings is 1. The molecule has 6 nitrogen and oxygen atoms in total. The van der Waals surface area contributed by atoms with Crippen LogP contribution in [-0.4, -0.2) is 44.1 Å². The molecule has 2 N–H and O–H groups in total. The van der Waals surface area contributed by atoms with E-state index in [4.69, 9.17) is 0 Å². The number of para-hydroxylation sites is 1. The zero-order chi connectivity index (χ0) is 15.8. The smallest absolute Gasteiger partial charge is 0.256 e. The Hall–Kier alpha value is -2.63. The number of carbonyl (C=O) groups excluding carboxylic acids is 1. The third-order valence-corrected chi connectivity index (χ3v) is 4.53. The van der Waals surface area contributed by atoms with Crippen LogP contribution in [0.4, 0.5) is 0 Å². The van der Waals surface area contributed by atoms with E-state index >= 15 is 0 Å². The van der Waals surface area contributed by atoms with Gasteiger partial charge in [-0.15, -0.1) is 0 Å². The van der Waals surface area contributed by atoms with Gasteiger partial charge in [0.1, 0.15) is 5.52 Å². The van der Waals surface area contributed by atoms with Crippen LogP contribution in [0.2, 0.25) is 0 Å². The fourth-order valence-corrected chi connectivity index (χ4v) is 3.36. The van der Waals surface area contributed by atoms with Crippen LogP contribution in [-0.2, 0) is 0 Å². The molecule has 1 amide bonds. The molecule has 1 aromatic carbocycles. The molecule has 1 fully saturated rings. The Morgan fingerprint density at radius 2 is 2.30 bits per heavy atom. The molecule has 118 valence electrons. The Kier molecular flexibility index (Phi) is 3.37. The van der Waals surface area contributed by atoms with E-state index in [-0.39, 0.29) is 5.91 Å². The lowest BCUT2D eigenvalue weighted by molar-refractivity contribution is 0.0707. The fourth-order valence-electron chi connectivity index (χ4n) is 3.36. The second kappa shape index (κ2) is 5.53. The van der Waals surface area contributed by atoms with E-state index in [0.29, 0.717) is 18.0 Å². The average molecular weight is 309 g/mol. The third-order valence-electron chi connectivity index (χ3n) is 4.53. The number of carbonyl (C=O) groups is 1. The second-order valence-corrected chi connectivity index (χ2v) is 6.17. The normalized spacial score (nSPS) is 18.5. The largest absolute Gasteiger partial charge is 0.345 e. The minimum atomic E-state index is 0.0552. The first-order valence-corrected chi connectivity index (χ1v) is 7.95. The highest BCUT2D eigenvalue weighted by Gasteiger charge is 2.27. The van der Waals surface area contributed by atoms with Crippen LogP contribution in [0.25, 0.3) is 11.0 Å². The summed E-state index contributed by atoms with van der Waals surface area (Å²) in [5, 5.41) is 7.36. The molecule has 0 aliphatic carbocycles. The van der Waals surface area contributed by atoms with Gasteiger partial charge in [-0.25, -0.2) is 4.98 Å². The van der Waals surface area contributed by atoms with Crippen molar-refractivity contribution in [1.29, 1.82) is 0 Å². The number of aromatic nitrogens is 4. The van der Waals surface area contributed by atoms with Crippen molar-refractivity contribution in [1.82, 2.24) is 25.1 Å². The van der Waals surface area contributed by atoms with Gasteiger partial charge in [-0.2, -0.15) is 5.10 Å². The summed E-state index contributed by atoms with van der Waals surface area (Å²) in [6.07, 6.45) is 3.70. The summed E-state index contributed by atoms with van der Waals surface area (Å²) in [5.74, 6) is 0.357. The highest BCUT2D eigenvalue weighted by Crippen LogP contribution is 2.27. The van der Waals surface area contributed by atoms with Crippen molar-refractivity contribution < 1.29 is 4.79 Å². The molecule has 4 rings (SSSR count). The first-order chi connectivity index (χ1) is 11.2. The molecule has 0 radical (unpaired) electrons. The van der Waals surface area contributed by atoms with Gasteiger partial charge >= 0.3 is 0 Å². The zero-order valence-corrected chi connectivity index (χ0v) is 13.0. The SMILES string of the molecule is Cc1cc(C2CCCN(C(=O)c3cccc4[nH]cnc34)C2)n[nH]1. The van der Waals surface area contributed by atoms with Crippen LogP contribution in [0, 0.1) is 6.92 Å². The Balaban J connectivity index is 1.60. The van der Waals surface area contributed by atoms with Gasteiger partial charge < -0.3 is 9.88 Å². The maximum absolute atomic E-state index is 12.9. The molecular weight excluding hydrogens is 290 g/mol. The van der Waals surface area contributed by atoms with Crippen molar-refractivity contribution in [3.8, 4) is 0 Å². The fraction of sp³-hybridized carbons (Fsp3) is 0.353. The topological polar surface area (TPSA) is 77.7 Å². The number of nitrogens with zero attached hydrogens (tertiary/aromatic N) is 3. The summed E-state index contributed by atoms with van der Waals surface area (Å²) in [7, 11) is 0. The molecule has 23 heavy (non-hydrogen) atoms.